The van der Waals surface area contributed by atoms with E-state index < -0.39 is 10.0 Å². The topological polar surface area (TPSA) is 70.0 Å². The molecule has 108 valence electrons. The fourth-order valence-corrected chi connectivity index (χ4v) is 4.14. The van der Waals surface area contributed by atoms with E-state index in [-0.39, 0.29) is 18.2 Å². The Morgan fingerprint density at radius 2 is 2.15 bits per heavy atom. The van der Waals surface area contributed by atoms with Gasteiger partial charge in [-0.2, -0.15) is 5.26 Å². The number of unbranched alkanes of at least 4 members (excludes halogenated alkanes) is 1. The molecule has 0 spiro atoms. The summed E-state index contributed by atoms with van der Waals surface area (Å²) in [6.45, 7) is 0. The molecule has 0 bridgehead atoms. The quantitative estimate of drug-likeness (QED) is 0.841. The molecule has 20 heavy (non-hydrogen) atoms. The number of nitrogens with zero attached hydrogens (tertiary/aromatic N) is 1. The van der Waals surface area contributed by atoms with Crippen molar-refractivity contribution in [1.29, 1.82) is 5.26 Å². The molecule has 0 amide bonds. The van der Waals surface area contributed by atoms with Gasteiger partial charge in [-0.15, -0.1) is 0 Å². The summed E-state index contributed by atoms with van der Waals surface area (Å²) >= 11 is 12.1. The molecule has 0 heterocycles. The van der Waals surface area contributed by atoms with Gasteiger partial charge in [0.2, 0.25) is 10.0 Å². The van der Waals surface area contributed by atoms with Crippen molar-refractivity contribution in [1.82, 2.24) is 4.72 Å². The molecule has 1 atom stereocenters. The minimum absolute atomic E-state index is 0.0340. The van der Waals surface area contributed by atoms with Crippen molar-refractivity contribution >= 4 is 33.2 Å². The van der Waals surface area contributed by atoms with Crippen LogP contribution in [0.1, 0.15) is 36.4 Å². The molecule has 1 unspecified atom stereocenters. The van der Waals surface area contributed by atoms with Crippen LogP contribution in [0, 0.1) is 11.3 Å². The van der Waals surface area contributed by atoms with E-state index in [0.29, 0.717) is 29.3 Å². The molecule has 0 radical (unpaired) electrons. The Hall–Kier alpha value is -0.800. The first-order chi connectivity index (χ1) is 9.44. The average molecular weight is 333 g/mol. The summed E-state index contributed by atoms with van der Waals surface area (Å²) in [4.78, 5) is 0. The summed E-state index contributed by atoms with van der Waals surface area (Å²) in [6.07, 6.45) is 1.96. The molecule has 0 fully saturated rings. The molecule has 0 saturated heterocycles. The lowest BCUT2D eigenvalue weighted by Crippen LogP contribution is -2.29. The van der Waals surface area contributed by atoms with E-state index in [1.54, 1.807) is 6.07 Å². The summed E-state index contributed by atoms with van der Waals surface area (Å²) in [5.74, 6) is -0.0340. The fraction of sp³-hybridized carbons (Fsp3) is 0.462. The summed E-state index contributed by atoms with van der Waals surface area (Å²) in [7, 11) is -3.38. The Morgan fingerprint density at radius 3 is 2.85 bits per heavy atom. The van der Waals surface area contributed by atoms with E-state index in [1.165, 1.54) is 0 Å². The first kappa shape index (κ1) is 15.6. The van der Waals surface area contributed by atoms with Crippen molar-refractivity contribution in [3.8, 4) is 6.07 Å². The molecule has 1 aliphatic rings. The second kappa shape index (κ2) is 6.31. The van der Waals surface area contributed by atoms with Crippen molar-refractivity contribution in [2.75, 3.05) is 5.75 Å². The minimum atomic E-state index is -3.38. The Bertz CT molecular complexity index is 653. The highest BCUT2D eigenvalue weighted by Gasteiger charge is 2.28. The number of hydrogen-bond donors (Lipinski definition) is 1. The lowest BCUT2D eigenvalue weighted by atomic mass is 10.1. The number of fused-ring (bicyclic) bond motifs is 1. The van der Waals surface area contributed by atoms with Crippen molar-refractivity contribution in [2.24, 2.45) is 0 Å². The lowest BCUT2D eigenvalue weighted by molar-refractivity contribution is 0.552. The zero-order valence-electron chi connectivity index (χ0n) is 10.7. The maximum absolute atomic E-state index is 11.9. The number of rotatable bonds is 5. The Morgan fingerprint density at radius 1 is 1.40 bits per heavy atom. The third-order valence-electron chi connectivity index (χ3n) is 3.31. The van der Waals surface area contributed by atoms with Gasteiger partial charge in [0.25, 0.3) is 0 Å². The van der Waals surface area contributed by atoms with E-state index in [2.05, 4.69) is 4.72 Å². The van der Waals surface area contributed by atoms with Crippen molar-refractivity contribution in [2.45, 2.75) is 31.7 Å². The molecule has 0 aromatic heterocycles. The Balaban J connectivity index is 2.12. The molecule has 1 N–H and O–H groups in total. The highest BCUT2D eigenvalue weighted by molar-refractivity contribution is 7.89. The monoisotopic (exact) mass is 332 g/mol. The van der Waals surface area contributed by atoms with Crippen LogP contribution in [-0.4, -0.2) is 14.2 Å². The molecule has 2 rings (SSSR count). The second-order valence-corrected chi connectivity index (χ2v) is 7.38. The fourth-order valence-electron chi connectivity index (χ4n) is 2.37. The van der Waals surface area contributed by atoms with Gasteiger partial charge >= 0.3 is 0 Å². The minimum Gasteiger partial charge on any atom is -0.212 e. The summed E-state index contributed by atoms with van der Waals surface area (Å²) in [6, 6.07) is 5.19. The van der Waals surface area contributed by atoms with Crippen LogP contribution in [0.5, 0.6) is 0 Å². The first-order valence-electron chi connectivity index (χ1n) is 6.28. The molecule has 4 nitrogen and oxygen atoms in total. The number of sulfonamides is 1. The third kappa shape index (κ3) is 3.44. The van der Waals surface area contributed by atoms with E-state index in [0.717, 1.165) is 11.1 Å². The van der Waals surface area contributed by atoms with E-state index in [4.69, 9.17) is 28.5 Å². The number of benzene rings is 1. The van der Waals surface area contributed by atoms with Gasteiger partial charge in [-0.05, 0) is 36.5 Å². The van der Waals surface area contributed by atoms with E-state index in [9.17, 15) is 8.42 Å². The zero-order valence-corrected chi connectivity index (χ0v) is 13.0. The number of halogens is 2. The van der Waals surface area contributed by atoms with Crippen molar-refractivity contribution in [3.05, 3.63) is 33.3 Å². The van der Waals surface area contributed by atoms with Gasteiger partial charge < -0.3 is 0 Å². The van der Waals surface area contributed by atoms with Gasteiger partial charge in [-0.1, -0.05) is 29.3 Å². The number of nitrogens with one attached hydrogen (secondary N) is 1. The van der Waals surface area contributed by atoms with Crippen molar-refractivity contribution < 1.29 is 8.42 Å². The van der Waals surface area contributed by atoms with Crippen LogP contribution in [0.3, 0.4) is 0 Å². The number of hydrogen-bond acceptors (Lipinski definition) is 3. The van der Waals surface area contributed by atoms with Crippen LogP contribution in [0.15, 0.2) is 12.1 Å². The SMILES string of the molecule is N#CCCCS(=O)(=O)NC1CCc2c1ccc(Cl)c2Cl. The van der Waals surface area contributed by atoms with E-state index in [1.807, 2.05) is 12.1 Å². The van der Waals surface area contributed by atoms with Gasteiger partial charge in [0.05, 0.1) is 21.9 Å². The maximum Gasteiger partial charge on any atom is 0.212 e. The van der Waals surface area contributed by atoms with Gasteiger partial charge in [-0.25, -0.2) is 13.1 Å². The van der Waals surface area contributed by atoms with Crippen LogP contribution in [0.4, 0.5) is 0 Å². The smallest absolute Gasteiger partial charge is 0.212 e. The Labute approximate surface area is 128 Å². The van der Waals surface area contributed by atoms with Gasteiger partial charge in [0.15, 0.2) is 0 Å². The standard InChI is InChI=1S/C13H14Cl2N2O2S/c14-11-5-3-9-10(13(11)15)4-6-12(9)17-20(18,19)8-2-1-7-16/h3,5,12,17H,1-2,4,6,8H2. The normalized spacial score (nSPS) is 17.8. The van der Waals surface area contributed by atoms with Gasteiger partial charge in [0.1, 0.15) is 0 Å². The van der Waals surface area contributed by atoms with Crippen LogP contribution >= 0.6 is 23.2 Å². The second-order valence-electron chi connectivity index (χ2n) is 4.72. The zero-order chi connectivity index (χ0) is 14.8. The largest absolute Gasteiger partial charge is 0.212 e. The Kier molecular flexibility index (Phi) is 4.92. The first-order valence-corrected chi connectivity index (χ1v) is 8.69. The van der Waals surface area contributed by atoms with Gasteiger partial charge in [0, 0.05) is 12.5 Å². The molecule has 7 heteroatoms. The third-order valence-corrected chi connectivity index (χ3v) is 5.63. The summed E-state index contributed by atoms with van der Waals surface area (Å²) in [5, 5.41) is 9.44. The maximum atomic E-state index is 11.9. The average Bonchev–Trinajstić information content (AvgIpc) is 2.77. The summed E-state index contributed by atoms with van der Waals surface area (Å²) < 4.78 is 26.6. The van der Waals surface area contributed by atoms with E-state index >= 15 is 0 Å². The lowest BCUT2D eigenvalue weighted by Gasteiger charge is -2.14. The van der Waals surface area contributed by atoms with Crippen LogP contribution < -0.4 is 4.72 Å². The van der Waals surface area contributed by atoms with Crippen LogP contribution in [0.2, 0.25) is 10.0 Å². The molecular formula is C13H14Cl2N2O2S. The summed E-state index contributed by atoms with van der Waals surface area (Å²) in [5.41, 5.74) is 1.81. The molecule has 0 saturated carbocycles. The predicted octanol–water partition coefficient (Wildman–Crippen LogP) is 3.20. The molecule has 0 aliphatic heterocycles. The molecular weight excluding hydrogens is 319 g/mol. The predicted molar refractivity (Wildman–Crippen MR) is 79.3 cm³/mol. The van der Waals surface area contributed by atoms with Crippen LogP contribution in [-0.2, 0) is 16.4 Å². The van der Waals surface area contributed by atoms with Crippen molar-refractivity contribution in [3.63, 3.8) is 0 Å². The van der Waals surface area contributed by atoms with Gasteiger partial charge in [-0.3, -0.25) is 0 Å². The van der Waals surface area contributed by atoms with Crippen LogP contribution in [0.25, 0.3) is 0 Å². The molecule has 1 aromatic carbocycles. The number of nitriles is 1. The molecule has 1 aliphatic carbocycles. The highest BCUT2D eigenvalue weighted by atomic mass is 35.5. The molecule has 1 aromatic rings. The highest BCUT2D eigenvalue weighted by Crippen LogP contribution is 2.39.